The number of rotatable bonds is 2. The number of fused-ring (bicyclic) bond motifs is 2. The standard InChI is InChI=1S/C18H16N2O3/c21-17-10-23-16-9-12(6-8-15(16)19-17)18(22)20-14-7-5-11-3-1-2-4-13(11)14/h1-4,6,8-9,14H,5,7,10H2,(H,19,21)(H,20,22)/t14-/m0/s1. The van der Waals surface area contributed by atoms with Crippen molar-refractivity contribution in [3.63, 3.8) is 0 Å². The molecule has 2 aliphatic rings. The number of hydrogen-bond acceptors (Lipinski definition) is 3. The van der Waals surface area contributed by atoms with E-state index in [1.165, 1.54) is 11.1 Å². The van der Waals surface area contributed by atoms with Crippen molar-refractivity contribution in [1.82, 2.24) is 5.32 Å². The Morgan fingerprint density at radius 3 is 3.00 bits per heavy atom. The van der Waals surface area contributed by atoms with Crippen LogP contribution in [-0.4, -0.2) is 18.4 Å². The third-order valence-corrected chi connectivity index (χ3v) is 4.31. The number of carbonyl (C=O) groups excluding carboxylic acids is 2. The van der Waals surface area contributed by atoms with Crippen LogP contribution in [0.1, 0.15) is 33.9 Å². The summed E-state index contributed by atoms with van der Waals surface area (Å²) in [5.74, 6) is 0.219. The lowest BCUT2D eigenvalue weighted by molar-refractivity contribution is -0.118. The van der Waals surface area contributed by atoms with Crippen LogP contribution in [0.4, 0.5) is 5.69 Å². The molecule has 5 heteroatoms. The van der Waals surface area contributed by atoms with Gasteiger partial charge in [-0.25, -0.2) is 0 Å². The highest BCUT2D eigenvalue weighted by atomic mass is 16.5. The highest BCUT2D eigenvalue weighted by Crippen LogP contribution is 2.32. The molecule has 0 fully saturated rings. The molecule has 0 spiro atoms. The van der Waals surface area contributed by atoms with Gasteiger partial charge in [-0.05, 0) is 42.2 Å². The molecule has 0 bridgehead atoms. The van der Waals surface area contributed by atoms with Gasteiger partial charge in [-0.2, -0.15) is 0 Å². The lowest BCUT2D eigenvalue weighted by Gasteiger charge is -2.19. The summed E-state index contributed by atoms with van der Waals surface area (Å²) in [6, 6.07) is 13.3. The van der Waals surface area contributed by atoms with Crippen LogP contribution >= 0.6 is 0 Å². The minimum atomic E-state index is -0.183. The Labute approximate surface area is 133 Å². The van der Waals surface area contributed by atoms with Crippen molar-refractivity contribution < 1.29 is 14.3 Å². The average molecular weight is 308 g/mol. The molecule has 0 aromatic heterocycles. The van der Waals surface area contributed by atoms with E-state index < -0.39 is 0 Å². The second kappa shape index (κ2) is 5.43. The van der Waals surface area contributed by atoms with Gasteiger partial charge < -0.3 is 15.4 Å². The van der Waals surface area contributed by atoms with Gasteiger partial charge in [0.15, 0.2) is 6.61 Å². The van der Waals surface area contributed by atoms with Gasteiger partial charge in [-0.1, -0.05) is 24.3 Å². The van der Waals surface area contributed by atoms with E-state index in [2.05, 4.69) is 22.8 Å². The number of ether oxygens (including phenoxy) is 1. The summed E-state index contributed by atoms with van der Waals surface area (Å²) in [6.07, 6.45) is 1.91. The normalized spacial score (nSPS) is 18.4. The van der Waals surface area contributed by atoms with Crippen LogP contribution in [0.2, 0.25) is 0 Å². The summed E-state index contributed by atoms with van der Waals surface area (Å²) in [7, 11) is 0. The molecular formula is C18H16N2O3. The van der Waals surface area contributed by atoms with Crippen molar-refractivity contribution in [2.45, 2.75) is 18.9 Å². The fourth-order valence-electron chi connectivity index (χ4n) is 3.16. The molecule has 1 aliphatic heterocycles. The van der Waals surface area contributed by atoms with Crippen molar-refractivity contribution in [2.24, 2.45) is 0 Å². The first kappa shape index (κ1) is 13.8. The van der Waals surface area contributed by atoms with Crippen molar-refractivity contribution >= 4 is 17.5 Å². The van der Waals surface area contributed by atoms with Gasteiger partial charge in [0, 0.05) is 5.56 Å². The van der Waals surface area contributed by atoms with Crippen molar-refractivity contribution in [1.29, 1.82) is 0 Å². The smallest absolute Gasteiger partial charge is 0.262 e. The van der Waals surface area contributed by atoms with E-state index in [9.17, 15) is 9.59 Å². The quantitative estimate of drug-likeness (QED) is 0.895. The number of nitrogens with one attached hydrogen (secondary N) is 2. The minimum absolute atomic E-state index is 0.0198. The fraction of sp³-hybridized carbons (Fsp3) is 0.222. The summed E-state index contributed by atoms with van der Waals surface area (Å²) in [6.45, 7) is -0.0198. The molecule has 0 saturated carbocycles. The molecule has 4 rings (SSSR count). The molecule has 0 unspecified atom stereocenters. The molecule has 2 amide bonds. The Morgan fingerprint density at radius 2 is 2.09 bits per heavy atom. The van der Waals surface area contributed by atoms with E-state index in [1.54, 1.807) is 18.2 Å². The van der Waals surface area contributed by atoms with Gasteiger partial charge in [0.25, 0.3) is 11.8 Å². The maximum Gasteiger partial charge on any atom is 0.262 e. The van der Waals surface area contributed by atoms with Gasteiger partial charge in [-0.3, -0.25) is 9.59 Å². The first-order valence-electron chi connectivity index (χ1n) is 7.66. The number of hydrogen-bond donors (Lipinski definition) is 2. The topological polar surface area (TPSA) is 67.4 Å². The van der Waals surface area contributed by atoms with Crippen LogP contribution in [-0.2, 0) is 11.2 Å². The zero-order chi connectivity index (χ0) is 15.8. The molecule has 1 heterocycles. The highest BCUT2D eigenvalue weighted by Gasteiger charge is 2.24. The van der Waals surface area contributed by atoms with Crippen LogP contribution < -0.4 is 15.4 Å². The maximum atomic E-state index is 12.5. The summed E-state index contributed by atoms with van der Waals surface area (Å²) in [5, 5.41) is 5.80. The van der Waals surface area contributed by atoms with Crippen LogP contribution in [0.5, 0.6) is 5.75 Å². The van der Waals surface area contributed by atoms with E-state index >= 15 is 0 Å². The molecule has 2 aromatic carbocycles. The fourth-order valence-corrected chi connectivity index (χ4v) is 3.16. The van der Waals surface area contributed by atoms with E-state index in [-0.39, 0.29) is 24.5 Å². The van der Waals surface area contributed by atoms with Crippen molar-refractivity contribution in [3.05, 3.63) is 59.2 Å². The monoisotopic (exact) mass is 308 g/mol. The second-order valence-electron chi connectivity index (χ2n) is 5.81. The van der Waals surface area contributed by atoms with E-state index in [1.807, 2.05) is 12.1 Å². The SMILES string of the molecule is O=C1COc2cc(C(=O)N[C@H]3CCc4ccccc43)ccc2N1. The summed E-state index contributed by atoms with van der Waals surface area (Å²) in [4.78, 5) is 23.8. The lowest BCUT2D eigenvalue weighted by atomic mass is 10.1. The number of anilines is 1. The number of carbonyl (C=O) groups is 2. The maximum absolute atomic E-state index is 12.5. The predicted octanol–water partition coefficient (Wildman–Crippen LogP) is 2.43. The van der Waals surface area contributed by atoms with Crippen LogP contribution in [0, 0.1) is 0 Å². The molecule has 1 atom stereocenters. The number of aryl methyl sites for hydroxylation is 1. The minimum Gasteiger partial charge on any atom is -0.482 e. The Bertz CT molecular complexity index is 801. The van der Waals surface area contributed by atoms with E-state index in [0.29, 0.717) is 17.0 Å². The second-order valence-corrected chi connectivity index (χ2v) is 5.81. The van der Waals surface area contributed by atoms with Crippen LogP contribution in [0.25, 0.3) is 0 Å². The highest BCUT2D eigenvalue weighted by molar-refractivity contribution is 5.99. The average Bonchev–Trinajstić information content (AvgIpc) is 2.97. The zero-order valence-electron chi connectivity index (χ0n) is 12.5. The van der Waals surface area contributed by atoms with Gasteiger partial charge in [-0.15, -0.1) is 0 Å². The van der Waals surface area contributed by atoms with Gasteiger partial charge in [0.1, 0.15) is 5.75 Å². The van der Waals surface area contributed by atoms with Crippen LogP contribution in [0.15, 0.2) is 42.5 Å². The molecule has 2 aromatic rings. The third kappa shape index (κ3) is 2.54. The summed E-state index contributed by atoms with van der Waals surface area (Å²) < 4.78 is 5.36. The zero-order valence-corrected chi connectivity index (χ0v) is 12.5. The predicted molar refractivity (Wildman–Crippen MR) is 85.5 cm³/mol. The van der Waals surface area contributed by atoms with Gasteiger partial charge in [0.05, 0.1) is 11.7 Å². The lowest BCUT2D eigenvalue weighted by Crippen LogP contribution is -2.28. The number of benzene rings is 2. The van der Waals surface area contributed by atoms with E-state index in [0.717, 1.165) is 12.8 Å². The molecule has 116 valence electrons. The summed E-state index contributed by atoms with van der Waals surface area (Å²) >= 11 is 0. The van der Waals surface area contributed by atoms with Crippen LogP contribution in [0.3, 0.4) is 0 Å². The molecule has 2 N–H and O–H groups in total. The molecule has 1 aliphatic carbocycles. The van der Waals surface area contributed by atoms with Crippen molar-refractivity contribution in [2.75, 3.05) is 11.9 Å². The molecule has 23 heavy (non-hydrogen) atoms. The Kier molecular flexibility index (Phi) is 3.26. The molecule has 0 saturated heterocycles. The van der Waals surface area contributed by atoms with Crippen molar-refractivity contribution in [3.8, 4) is 5.75 Å². The Balaban J connectivity index is 1.53. The molecule has 0 radical (unpaired) electrons. The third-order valence-electron chi connectivity index (χ3n) is 4.31. The summed E-state index contributed by atoms with van der Waals surface area (Å²) in [5.41, 5.74) is 3.63. The molecular weight excluding hydrogens is 292 g/mol. The molecule has 5 nitrogen and oxygen atoms in total. The van der Waals surface area contributed by atoms with Gasteiger partial charge in [0.2, 0.25) is 0 Å². The van der Waals surface area contributed by atoms with Gasteiger partial charge >= 0.3 is 0 Å². The first-order chi connectivity index (χ1) is 11.2. The van der Waals surface area contributed by atoms with E-state index in [4.69, 9.17) is 4.74 Å². The Morgan fingerprint density at radius 1 is 1.22 bits per heavy atom. The first-order valence-corrected chi connectivity index (χ1v) is 7.66. The Hall–Kier alpha value is -2.82. The largest absolute Gasteiger partial charge is 0.482 e. The number of amides is 2.